The standard InChI is InChI=1S/C15H16ClNO/c1-10-6-14(17)15(7-11(10)2)18-9-12-4-3-5-13(16)8-12/h3-8H,9,17H2,1-2H3. The van der Waals surface area contributed by atoms with Crippen molar-refractivity contribution in [3.63, 3.8) is 0 Å². The molecular weight excluding hydrogens is 246 g/mol. The molecule has 2 rings (SSSR count). The second kappa shape index (κ2) is 5.32. The van der Waals surface area contributed by atoms with Gasteiger partial charge in [0.25, 0.3) is 0 Å². The van der Waals surface area contributed by atoms with Crippen molar-refractivity contribution in [3.05, 3.63) is 58.1 Å². The summed E-state index contributed by atoms with van der Waals surface area (Å²) in [7, 11) is 0. The van der Waals surface area contributed by atoms with Gasteiger partial charge in [0.15, 0.2) is 0 Å². The summed E-state index contributed by atoms with van der Waals surface area (Å²) in [6.07, 6.45) is 0. The van der Waals surface area contributed by atoms with E-state index in [2.05, 4.69) is 0 Å². The molecule has 0 aromatic heterocycles. The molecule has 2 aromatic rings. The molecule has 0 bridgehead atoms. The Bertz CT molecular complexity index is 566. The Balaban J connectivity index is 2.13. The normalized spacial score (nSPS) is 10.4. The maximum Gasteiger partial charge on any atom is 0.142 e. The highest BCUT2D eigenvalue weighted by atomic mass is 35.5. The van der Waals surface area contributed by atoms with E-state index in [0.29, 0.717) is 17.3 Å². The zero-order chi connectivity index (χ0) is 13.1. The highest BCUT2D eigenvalue weighted by Gasteiger charge is 2.04. The van der Waals surface area contributed by atoms with E-state index in [1.54, 1.807) is 0 Å². The first kappa shape index (κ1) is 12.8. The van der Waals surface area contributed by atoms with Crippen LogP contribution in [0.3, 0.4) is 0 Å². The lowest BCUT2D eigenvalue weighted by Crippen LogP contribution is -2.00. The highest BCUT2D eigenvalue weighted by molar-refractivity contribution is 6.30. The van der Waals surface area contributed by atoms with Crippen molar-refractivity contribution in [2.24, 2.45) is 0 Å². The molecule has 0 spiro atoms. The van der Waals surface area contributed by atoms with Gasteiger partial charge < -0.3 is 10.5 Å². The highest BCUT2D eigenvalue weighted by Crippen LogP contribution is 2.26. The number of anilines is 1. The first-order valence-corrected chi connectivity index (χ1v) is 6.18. The molecule has 3 heteroatoms. The number of benzene rings is 2. The van der Waals surface area contributed by atoms with Gasteiger partial charge in [0.1, 0.15) is 12.4 Å². The molecule has 0 heterocycles. The van der Waals surface area contributed by atoms with Crippen LogP contribution >= 0.6 is 11.6 Å². The first-order chi connectivity index (χ1) is 8.56. The molecule has 0 aliphatic rings. The second-order valence-electron chi connectivity index (χ2n) is 4.39. The quantitative estimate of drug-likeness (QED) is 0.844. The molecule has 0 amide bonds. The monoisotopic (exact) mass is 261 g/mol. The number of nitrogen functional groups attached to an aromatic ring is 1. The summed E-state index contributed by atoms with van der Waals surface area (Å²) >= 11 is 5.92. The molecule has 2 nitrogen and oxygen atoms in total. The van der Waals surface area contributed by atoms with Crippen molar-refractivity contribution in [1.82, 2.24) is 0 Å². The summed E-state index contributed by atoms with van der Waals surface area (Å²) in [5.74, 6) is 0.720. The first-order valence-electron chi connectivity index (χ1n) is 5.80. The minimum absolute atomic E-state index is 0.466. The molecule has 0 unspecified atom stereocenters. The second-order valence-corrected chi connectivity index (χ2v) is 4.83. The maximum atomic E-state index is 5.93. The van der Waals surface area contributed by atoms with Crippen LogP contribution in [-0.2, 0) is 6.61 Å². The number of hydrogen-bond acceptors (Lipinski definition) is 2. The molecule has 94 valence electrons. The predicted octanol–water partition coefficient (Wildman–Crippen LogP) is 4.12. The van der Waals surface area contributed by atoms with E-state index in [-0.39, 0.29) is 0 Å². The molecule has 2 N–H and O–H groups in total. The average Bonchev–Trinajstić information content (AvgIpc) is 2.32. The summed E-state index contributed by atoms with van der Waals surface area (Å²) in [5, 5.41) is 0.712. The molecule has 18 heavy (non-hydrogen) atoms. The van der Waals surface area contributed by atoms with E-state index in [1.807, 2.05) is 50.2 Å². The maximum absolute atomic E-state index is 5.93. The van der Waals surface area contributed by atoms with Crippen LogP contribution in [0, 0.1) is 13.8 Å². The smallest absolute Gasteiger partial charge is 0.142 e. The predicted molar refractivity (Wildman–Crippen MR) is 76.1 cm³/mol. The van der Waals surface area contributed by atoms with Gasteiger partial charge in [-0.15, -0.1) is 0 Å². The summed E-state index contributed by atoms with van der Waals surface area (Å²) < 4.78 is 5.73. The van der Waals surface area contributed by atoms with Crippen LogP contribution in [0.2, 0.25) is 5.02 Å². The van der Waals surface area contributed by atoms with Gasteiger partial charge in [-0.2, -0.15) is 0 Å². The van der Waals surface area contributed by atoms with E-state index >= 15 is 0 Å². The van der Waals surface area contributed by atoms with Gasteiger partial charge in [0, 0.05) is 5.02 Å². The van der Waals surface area contributed by atoms with Gasteiger partial charge >= 0.3 is 0 Å². The Labute approximate surface area is 112 Å². The van der Waals surface area contributed by atoms with Crippen molar-refractivity contribution >= 4 is 17.3 Å². The van der Waals surface area contributed by atoms with Crippen LogP contribution in [0.15, 0.2) is 36.4 Å². The fourth-order valence-corrected chi connectivity index (χ4v) is 1.94. The summed E-state index contributed by atoms with van der Waals surface area (Å²) in [6, 6.07) is 11.5. The van der Waals surface area contributed by atoms with Gasteiger partial charge in [0.05, 0.1) is 5.69 Å². The Morgan fingerprint density at radius 2 is 1.83 bits per heavy atom. The number of rotatable bonds is 3. The molecule has 0 saturated carbocycles. The van der Waals surface area contributed by atoms with Crippen LogP contribution in [0.1, 0.15) is 16.7 Å². The molecule has 0 atom stereocenters. The Morgan fingerprint density at radius 3 is 2.56 bits per heavy atom. The minimum atomic E-state index is 0.466. The van der Waals surface area contributed by atoms with Gasteiger partial charge in [-0.3, -0.25) is 0 Å². The lowest BCUT2D eigenvalue weighted by Gasteiger charge is -2.11. The van der Waals surface area contributed by atoms with Crippen LogP contribution < -0.4 is 10.5 Å². The minimum Gasteiger partial charge on any atom is -0.487 e. The van der Waals surface area contributed by atoms with Crippen molar-refractivity contribution < 1.29 is 4.74 Å². The van der Waals surface area contributed by atoms with E-state index < -0.39 is 0 Å². The molecule has 0 aliphatic heterocycles. The third-order valence-corrected chi connectivity index (χ3v) is 3.14. The molecule has 0 aliphatic carbocycles. The van der Waals surface area contributed by atoms with Gasteiger partial charge in [-0.05, 0) is 54.8 Å². The molecule has 0 radical (unpaired) electrons. The molecular formula is C15H16ClNO. The zero-order valence-corrected chi connectivity index (χ0v) is 11.3. The fourth-order valence-electron chi connectivity index (χ4n) is 1.72. The van der Waals surface area contributed by atoms with E-state index in [1.165, 1.54) is 11.1 Å². The number of halogens is 1. The van der Waals surface area contributed by atoms with Gasteiger partial charge in [-0.1, -0.05) is 23.7 Å². The van der Waals surface area contributed by atoms with Gasteiger partial charge in [0.2, 0.25) is 0 Å². The number of ether oxygens (including phenoxy) is 1. The zero-order valence-electron chi connectivity index (χ0n) is 10.5. The van der Waals surface area contributed by atoms with Crippen LogP contribution in [0.25, 0.3) is 0 Å². The third-order valence-electron chi connectivity index (χ3n) is 2.91. The van der Waals surface area contributed by atoms with Crippen LogP contribution in [-0.4, -0.2) is 0 Å². The fraction of sp³-hybridized carbons (Fsp3) is 0.200. The van der Waals surface area contributed by atoms with Gasteiger partial charge in [-0.25, -0.2) is 0 Å². The summed E-state index contributed by atoms with van der Waals surface area (Å²) in [6.45, 7) is 4.54. The number of aryl methyl sites for hydroxylation is 2. The van der Waals surface area contributed by atoms with E-state index in [4.69, 9.17) is 22.1 Å². The summed E-state index contributed by atoms with van der Waals surface area (Å²) in [5.41, 5.74) is 9.97. The van der Waals surface area contributed by atoms with Crippen molar-refractivity contribution in [1.29, 1.82) is 0 Å². The lowest BCUT2D eigenvalue weighted by atomic mass is 10.1. The van der Waals surface area contributed by atoms with Crippen LogP contribution in [0.4, 0.5) is 5.69 Å². The lowest BCUT2D eigenvalue weighted by molar-refractivity contribution is 0.307. The molecule has 0 saturated heterocycles. The Kier molecular flexibility index (Phi) is 3.78. The Morgan fingerprint density at radius 1 is 1.11 bits per heavy atom. The largest absolute Gasteiger partial charge is 0.487 e. The number of nitrogens with two attached hydrogens (primary N) is 1. The van der Waals surface area contributed by atoms with Crippen molar-refractivity contribution in [2.45, 2.75) is 20.5 Å². The molecule has 2 aromatic carbocycles. The summed E-state index contributed by atoms with van der Waals surface area (Å²) in [4.78, 5) is 0. The van der Waals surface area contributed by atoms with E-state index in [0.717, 1.165) is 11.3 Å². The van der Waals surface area contributed by atoms with Crippen molar-refractivity contribution in [3.8, 4) is 5.75 Å². The molecule has 0 fully saturated rings. The van der Waals surface area contributed by atoms with Crippen LogP contribution in [0.5, 0.6) is 5.75 Å². The van der Waals surface area contributed by atoms with Crippen molar-refractivity contribution in [2.75, 3.05) is 5.73 Å². The average molecular weight is 262 g/mol. The topological polar surface area (TPSA) is 35.2 Å². The van der Waals surface area contributed by atoms with E-state index in [9.17, 15) is 0 Å². The third kappa shape index (κ3) is 2.96. The Hall–Kier alpha value is -1.67. The SMILES string of the molecule is Cc1cc(N)c(OCc2cccc(Cl)c2)cc1C. The number of hydrogen-bond donors (Lipinski definition) is 1.